The fourth-order valence-electron chi connectivity index (χ4n) is 2.32. The van der Waals surface area contributed by atoms with Crippen LogP contribution in [-0.4, -0.2) is 23.7 Å². The largest absolute Gasteiger partial charge is 0.496 e. The van der Waals surface area contributed by atoms with E-state index < -0.39 is 0 Å². The molecule has 2 rings (SSSR count). The van der Waals surface area contributed by atoms with Crippen molar-refractivity contribution in [2.75, 3.05) is 14.2 Å². The summed E-state index contributed by atoms with van der Waals surface area (Å²) in [6.45, 7) is 4.24. The summed E-state index contributed by atoms with van der Waals surface area (Å²) in [5, 5.41) is 3.28. The van der Waals surface area contributed by atoms with Crippen LogP contribution in [0.5, 0.6) is 5.75 Å². The molecule has 0 radical (unpaired) electrons. The second-order valence-corrected chi connectivity index (χ2v) is 4.47. The molecule has 0 bridgehead atoms. The van der Waals surface area contributed by atoms with Crippen LogP contribution < -0.4 is 10.1 Å². The van der Waals surface area contributed by atoms with Gasteiger partial charge in [0.2, 0.25) is 0 Å². The predicted octanol–water partition coefficient (Wildman–Crippen LogP) is 2.72. The van der Waals surface area contributed by atoms with Crippen LogP contribution in [0.25, 0.3) is 5.69 Å². The maximum absolute atomic E-state index is 5.51. The standard InChI is InChI=1S/C15H21N3O/c1-5-14-17-9-10-18(14)12-7-6-8-13(19-4)15(12)11(2)16-3/h6-11,16H,5H2,1-4H3. The van der Waals surface area contributed by atoms with Crippen molar-refractivity contribution < 1.29 is 4.74 Å². The summed E-state index contributed by atoms with van der Waals surface area (Å²) < 4.78 is 7.64. The molecule has 1 unspecified atom stereocenters. The lowest BCUT2D eigenvalue weighted by atomic mass is 10.0. The number of hydrogen-bond acceptors (Lipinski definition) is 3. The summed E-state index contributed by atoms with van der Waals surface area (Å²) in [4.78, 5) is 4.39. The lowest BCUT2D eigenvalue weighted by Crippen LogP contribution is -2.16. The topological polar surface area (TPSA) is 39.1 Å². The second kappa shape index (κ2) is 5.89. The zero-order valence-electron chi connectivity index (χ0n) is 12.0. The summed E-state index contributed by atoms with van der Waals surface area (Å²) in [5.74, 6) is 1.95. The highest BCUT2D eigenvalue weighted by atomic mass is 16.5. The first-order valence-corrected chi connectivity index (χ1v) is 6.59. The van der Waals surface area contributed by atoms with Crippen molar-refractivity contribution in [2.45, 2.75) is 26.3 Å². The van der Waals surface area contributed by atoms with Crippen molar-refractivity contribution in [1.29, 1.82) is 0 Å². The Morgan fingerprint density at radius 2 is 2.21 bits per heavy atom. The first-order chi connectivity index (χ1) is 9.22. The number of nitrogens with one attached hydrogen (secondary N) is 1. The first kappa shape index (κ1) is 13.6. The van der Waals surface area contributed by atoms with Gasteiger partial charge in [-0.2, -0.15) is 0 Å². The van der Waals surface area contributed by atoms with Crippen molar-refractivity contribution in [3.63, 3.8) is 0 Å². The van der Waals surface area contributed by atoms with Crippen LogP contribution >= 0.6 is 0 Å². The quantitative estimate of drug-likeness (QED) is 0.897. The number of nitrogens with zero attached hydrogens (tertiary/aromatic N) is 2. The highest BCUT2D eigenvalue weighted by Crippen LogP contribution is 2.31. The number of methoxy groups -OCH3 is 1. The molecule has 1 aromatic carbocycles. The molecule has 4 heteroatoms. The number of benzene rings is 1. The molecule has 0 aliphatic heterocycles. The van der Waals surface area contributed by atoms with Gasteiger partial charge in [-0.05, 0) is 26.1 Å². The lowest BCUT2D eigenvalue weighted by Gasteiger charge is -2.20. The van der Waals surface area contributed by atoms with Crippen molar-refractivity contribution in [3.8, 4) is 11.4 Å². The van der Waals surface area contributed by atoms with Gasteiger partial charge in [0.15, 0.2) is 0 Å². The molecule has 2 aromatic rings. The van der Waals surface area contributed by atoms with Crippen molar-refractivity contribution in [3.05, 3.63) is 42.0 Å². The molecule has 0 saturated carbocycles. The van der Waals surface area contributed by atoms with E-state index in [9.17, 15) is 0 Å². The van der Waals surface area contributed by atoms with Gasteiger partial charge in [-0.15, -0.1) is 0 Å². The molecule has 19 heavy (non-hydrogen) atoms. The van der Waals surface area contributed by atoms with Crippen molar-refractivity contribution in [2.24, 2.45) is 0 Å². The Bertz CT molecular complexity index is 548. The van der Waals surface area contributed by atoms with Crippen molar-refractivity contribution >= 4 is 0 Å². The first-order valence-electron chi connectivity index (χ1n) is 6.59. The third kappa shape index (κ3) is 2.49. The molecule has 0 spiro atoms. The fraction of sp³-hybridized carbons (Fsp3) is 0.400. The van der Waals surface area contributed by atoms with E-state index >= 15 is 0 Å². The molecule has 1 heterocycles. The molecule has 0 amide bonds. The van der Waals surface area contributed by atoms with Crippen LogP contribution in [0.4, 0.5) is 0 Å². The number of aryl methyl sites for hydroxylation is 1. The van der Waals surface area contributed by atoms with E-state index in [-0.39, 0.29) is 6.04 Å². The molecule has 0 saturated heterocycles. The Balaban J connectivity index is 2.62. The van der Waals surface area contributed by atoms with Gasteiger partial charge in [0, 0.05) is 30.4 Å². The van der Waals surface area contributed by atoms with Crippen LogP contribution in [0.15, 0.2) is 30.6 Å². The second-order valence-electron chi connectivity index (χ2n) is 4.47. The summed E-state index contributed by atoms with van der Waals surface area (Å²) >= 11 is 0. The Hall–Kier alpha value is -1.81. The lowest BCUT2D eigenvalue weighted by molar-refractivity contribution is 0.403. The van der Waals surface area contributed by atoms with E-state index in [0.29, 0.717) is 0 Å². The van der Waals surface area contributed by atoms with E-state index in [2.05, 4.69) is 34.8 Å². The van der Waals surface area contributed by atoms with E-state index in [1.54, 1.807) is 7.11 Å². The smallest absolute Gasteiger partial charge is 0.125 e. The number of aromatic nitrogens is 2. The molecule has 0 fully saturated rings. The Morgan fingerprint density at radius 1 is 1.42 bits per heavy atom. The van der Waals surface area contributed by atoms with Crippen molar-refractivity contribution in [1.82, 2.24) is 14.9 Å². The molecular formula is C15H21N3O. The van der Waals surface area contributed by atoms with E-state index in [1.165, 1.54) is 0 Å². The molecule has 4 nitrogen and oxygen atoms in total. The summed E-state index contributed by atoms with van der Waals surface area (Å²) in [5.41, 5.74) is 2.27. The van der Waals surface area contributed by atoms with Crippen LogP contribution in [-0.2, 0) is 6.42 Å². The zero-order valence-corrected chi connectivity index (χ0v) is 12.0. The molecular weight excluding hydrogens is 238 g/mol. The Labute approximate surface area is 114 Å². The Kier molecular flexibility index (Phi) is 4.22. The number of rotatable bonds is 5. The number of ether oxygens (including phenoxy) is 1. The molecule has 1 atom stereocenters. The zero-order chi connectivity index (χ0) is 13.8. The van der Waals surface area contributed by atoms with E-state index in [1.807, 2.05) is 31.6 Å². The number of imidazole rings is 1. The van der Waals surface area contributed by atoms with Gasteiger partial charge < -0.3 is 14.6 Å². The SMILES string of the molecule is CCc1nccn1-c1cccc(OC)c1C(C)NC. The minimum Gasteiger partial charge on any atom is -0.496 e. The maximum Gasteiger partial charge on any atom is 0.125 e. The van der Waals surface area contributed by atoms with Gasteiger partial charge in [0.1, 0.15) is 11.6 Å². The number of hydrogen-bond donors (Lipinski definition) is 1. The van der Waals surface area contributed by atoms with Gasteiger partial charge >= 0.3 is 0 Å². The fourth-order valence-corrected chi connectivity index (χ4v) is 2.32. The maximum atomic E-state index is 5.51. The third-order valence-electron chi connectivity index (χ3n) is 3.42. The predicted molar refractivity (Wildman–Crippen MR) is 77.0 cm³/mol. The van der Waals surface area contributed by atoms with Crippen LogP contribution in [0.1, 0.15) is 31.3 Å². The van der Waals surface area contributed by atoms with Gasteiger partial charge in [0.05, 0.1) is 12.8 Å². The average molecular weight is 259 g/mol. The summed E-state index contributed by atoms with van der Waals surface area (Å²) in [6.07, 6.45) is 4.74. The molecule has 0 aliphatic rings. The van der Waals surface area contributed by atoms with Gasteiger partial charge in [-0.3, -0.25) is 0 Å². The Morgan fingerprint density at radius 3 is 2.84 bits per heavy atom. The monoisotopic (exact) mass is 259 g/mol. The van der Waals surface area contributed by atoms with Crippen LogP contribution in [0.3, 0.4) is 0 Å². The van der Waals surface area contributed by atoms with Crippen LogP contribution in [0.2, 0.25) is 0 Å². The average Bonchev–Trinajstić information content (AvgIpc) is 2.93. The highest BCUT2D eigenvalue weighted by molar-refractivity contribution is 5.52. The summed E-state index contributed by atoms with van der Waals surface area (Å²) in [6, 6.07) is 6.32. The third-order valence-corrected chi connectivity index (χ3v) is 3.42. The highest BCUT2D eigenvalue weighted by Gasteiger charge is 2.17. The molecule has 102 valence electrons. The molecule has 1 aromatic heterocycles. The van der Waals surface area contributed by atoms with Gasteiger partial charge in [-0.1, -0.05) is 13.0 Å². The molecule has 1 N–H and O–H groups in total. The summed E-state index contributed by atoms with van der Waals surface area (Å²) in [7, 11) is 3.66. The normalized spacial score (nSPS) is 12.4. The minimum absolute atomic E-state index is 0.207. The van der Waals surface area contributed by atoms with E-state index in [4.69, 9.17) is 4.74 Å². The minimum atomic E-state index is 0.207. The molecule has 0 aliphatic carbocycles. The van der Waals surface area contributed by atoms with Crippen LogP contribution in [0, 0.1) is 0 Å². The van der Waals surface area contributed by atoms with Gasteiger partial charge in [-0.25, -0.2) is 4.98 Å². The van der Waals surface area contributed by atoms with E-state index in [0.717, 1.165) is 29.2 Å². The van der Waals surface area contributed by atoms with Gasteiger partial charge in [0.25, 0.3) is 0 Å².